The van der Waals surface area contributed by atoms with Gasteiger partial charge in [-0.1, -0.05) is 6.07 Å². The van der Waals surface area contributed by atoms with Crippen molar-refractivity contribution in [3.8, 4) is 0 Å². The summed E-state index contributed by atoms with van der Waals surface area (Å²) in [5.74, 6) is -0.677. The van der Waals surface area contributed by atoms with E-state index in [0.29, 0.717) is 5.56 Å². The van der Waals surface area contributed by atoms with Crippen molar-refractivity contribution < 1.29 is 9.59 Å². The van der Waals surface area contributed by atoms with E-state index in [9.17, 15) is 9.59 Å². The number of ketones is 1. The largest absolute Gasteiger partial charge is 0.360 e. The number of carbonyl (C=O) groups is 2. The molecule has 0 fully saturated rings. The zero-order valence-corrected chi connectivity index (χ0v) is 10.3. The van der Waals surface area contributed by atoms with Crippen LogP contribution in [0.3, 0.4) is 0 Å². The monoisotopic (exact) mass is 333 g/mol. The molecule has 2 aromatic rings. The Morgan fingerprint density at radius 3 is 2.73 bits per heavy atom. The maximum Gasteiger partial charge on any atom is 0.293 e. The smallest absolute Gasteiger partial charge is 0.293 e. The highest BCUT2D eigenvalue weighted by atomic mass is 127. The van der Waals surface area contributed by atoms with Crippen molar-refractivity contribution in [2.45, 2.75) is 0 Å². The SMILES string of the molecule is O=C(Cl)C(=O)c1c[nH]c2cc(I)ccc12. The molecule has 0 atom stereocenters. The van der Waals surface area contributed by atoms with E-state index in [-0.39, 0.29) is 0 Å². The fraction of sp³-hybridized carbons (Fsp3) is 0. The maximum absolute atomic E-state index is 11.4. The van der Waals surface area contributed by atoms with E-state index in [1.54, 1.807) is 6.07 Å². The van der Waals surface area contributed by atoms with Gasteiger partial charge in [-0.25, -0.2) is 0 Å². The molecule has 1 aromatic carbocycles. The number of fused-ring (bicyclic) bond motifs is 1. The first-order chi connectivity index (χ1) is 7.09. The molecule has 3 nitrogen and oxygen atoms in total. The second kappa shape index (κ2) is 3.94. The van der Waals surface area contributed by atoms with Gasteiger partial charge in [0.25, 0.3) is 5.24 Å². The maximum atomic E-state index is 11.4. The normalized spacial score (nSPS) is 10.5. The van der Waals surface area contributed by atoms with Crippen LogP contribution in [-0.2, 0) is 4.79 Å². The van der Waals surface area contributed by atoms with E-state index in [1.165, 1.54) is 6.20 Å². The van der Waals surface area contributed by atoms with Gasteiger partial charge in [0.05, 0.1) is 5.56 Å². The highest BCUT2D eigenvalue weighted by molar-refractivity contribution is 14.1. The summed E-state index contributed by atoms with van der Waals surface area (Å²) in [7, 11) is 0. The summed E-state index contributed by atoms with van der Waals surface area (Å²) < 4.78 is 1.05. The van der Waals surface area contributed by atoms with Crippen molar-refractivity contribution in [2.75, 3.05) is 0 Å². The van der Waals surface area contributed by atoms with Gasteiger partial charge in [-0.15, -0.1) is 0 Å². The molecule has 5 heteroatoms. The van der Waals surface area contributed by atoms with E-state index >= 15 is 0 Å². The van der Waals surface area contributed by atoms with Crippen LogP contribution >= 0.6 is 34.2 Å². The molecular weight excluding hydrogens is 328 g/mol. The molecule has 2 rings (SSSR count). The molecule has 1 heterocycles. The summed E-state index contributed by atoms with van der Waals surface area (Å²) in [6, 6.07) is 5.55. The summed E-state index contributed by atoms with van der Waals surface area (Å²) in [6.45, 7) is 0. The van der Waals surface area contributed by atoms with Crippen molar-refractivity contribution in [2.24, 2.45) is 0 Å². The van der Waals surface area contributed by atoms with Gasteiger partial charge in [0, 0.05) is 20.7 Å². The fourth-order valence-corrected chi connectivity index (χ4v) is 1.99. The molecule has 0 amide bonds. The third kappa shape index (κ3) is 1.91. The van der Waals surface area contributed by atoms with Gasteiger partial charge in [0.1, 0.15) is 0 Å². The van der Waals surface area contributed by atoms with Crippen molar-refractivity contribution in [1.29, 1.82) is 0 Å². The summed E-state index contributed by atoms with van der Waals surface area (Å²) in [4.78, 5) is 25.1. The quantitative estimate of drug-likeness (QED) is 0.398. The lowest BCUT2D eigenvalue weighted by molar-refractivity contribution is -0.108. The fourth-order valence-electron chi connectivity index (χ4n) is 1.39. The molecule has 1 aromatic heterocycles. The van der Waals surface area contributed by atoms with Gasteiger partial charge in [0.15, 0.2) is 0 Å². The van der Waals surface area contributed by atoms with E-state index in [1.807, 2.05) is 12.1 Å². The summed E-state index contributed by atoms with van der Waals surface area (Å²) in [5.41, 5.74) is 1.14. The Bertz CT molecular complexity index is 562. The molecule has 0 aliphatic heterocycles. The van der Waals surface area contributed by atoms with Gasteiger partial charge >= 0.3 is 0 Å². The average Bonchev–Trinajstić information content (AvgIpc) is 2.59. The molecule has 0 aliphatic rings. The number of Topliss-reactive ketones (excluding diaryl/α,β-unsaturated/α-hetero) is 1. The van der Waals surface area contributed by atoms with Gasteiger partial charge in [0.2, 0.25) is 5.78 Å². The van der Waals surface area contributed by atoms with Crippen LogP contribution in [-0.4, -0.2) is 16.0 Å². The van der Waals surface area contributed by atoms with Crippen LogP contribution in [0.2, 0.25) is 0 Å². The molecule has 1 N–H and O–H groups in total. The zero-order chi connectivity index (χ0) is 11.0. The molecule has 0 unspecified atom stereocenters. The number of benzene rings is 1. The minimum Gasteiger partial charge on any atom is -0.360 e. The van der Waals surface area contributed by atoms with Gasteiger partial charge < -0.3 is 4.98 Å². The second-order valence-corrected chi connectivity index (χ2v) is 4.58. The Labute approximate surface area is 104 Å². The van der Waals surface area contributed by atoms with Crippen LogP contribution in [0.15, 0.2) is 24.4 Å². The van der Waals surface area contributed by atoms with Gasteiger partial charge in [-0.2, -0.15) is 0 Å². The molecule has 0 radical (unpaired) electrons. The number of hydrogen-bond acceptors (Lipinski definition) is 2. The Hall–Kier alpha value is -0.880. The van der Waals surface area contributed by atoms with E-state index < -0.39 is 11.0 Å². The van der Waals surface area contributed by atoms with E-state index in [0.717, 1.165) is 14.5 Å². The van der Waals surface area contributed by atoms with Crippen LogP contribution in [0.4, 0.5) is 0 Å². The molecule has 0 spiro atoms. The number of rotatable bonds is 2. The van der Waals surface area contributed by atoms with Gasteiger partial charge in [-0.05, 0) is 46.3 Å². The number of H-pyrrole nitrogens is 1. The highest BCUT2D eigenvalue weighted by Gasteiger charge is 2.17. The third-order valence-electron chi connectivity index (χ3n) is 2.07. The van der Waals surface area contributed by atoms with Crippen molar-refractivity contribution in [1.82, 2.24) is 4.98 Å². The first-order valence-corrected chi connectivity index (χ1v) is 5.56. The number of nitrogens with one attached hydrogen (secondary N) is 1. The molecule has 0 bridgehead atoms. The summed E-state index contributed by atoms with van der Waals surface area (Å²) >= 11 is 7.32. The van der Waals surface area contributed by atoms with Crippen molar-refractivity contribution >= 4 is 56.1 Å². The van der Waals surface area contributed by atoms with Gasteiger partial charge in [-0.3, -0.25) is 9.59 Å². The Morgan fingerprint density at radius 1 is 1.33 bits per heavy atom. The lowest BCUT2D eigenvalue weighted by Crippen LogP contribution is -2.06. The summed E-state index contributed by atoms with van der Waals surface area (Å²) in [5, 5.41) is -0.246. The topological polar surface area (TPSA) is 49.9 Å². The Balaban J connectivity index is 2.64. The summed E-state index contributed by atoms with van der Waals surface area (Å²) in [6.07, 6.45) is 1.50. The Morgan fingerprint density at radius 2 is 2.07 bits per heavy atom. The molecule has 0 saturated carbocycles. The third-order valence-corrected chi connectivity index (χ3v) is 2.91. The van der Waals surface area contributed by atoms with Crippen LogP contribution in [0.1, 0.15) is 10.4 Å². The molecule has 76 valence electrons. The number of hydrogen-bond donors (Lipinski definition) is 1. The standard InChI is InChI=1S/C10H5ClINO2/c11-10(15)9(14)7-4-13-8-3-5(12)1-2-6(7)8/h1-4,13H. The second-order valence-electron chi connectivity index (χ2n) is 3.00. The lowest BCUT2D eigenvalue weighted by atomic mass is 10.1. The Kier molecular flexibility index (Phi) is 2.79. The number of halogens is 2. The minimum atomic E-state index is -0.963. The van der Waals surface area contributed by atoms with E-state index in [2.05, 4.69) is 27.6 Å². The molecule has 0 aliphatic carbocycles. The van der Waals surface area contributed by atoms with Crippen LogP contribution in [0.5, 0.6) is 0 Å². The van der Waals surface area contributed by atoms with Crippen molar-refractivity contribution in [3.63, 3.8) is 0 Å². The number of aromatic nitrogens is 1. The minimum absolute atomic E-state index is 0.321. The molecular formula is C10H5ClINO2. The zero-order valence-electron chi connectivity index (χ0n) is 7.38. The van der Waals surface area contributed by atoms with Crippen LogP contribution in [0.25, 0.3) is 10.9 Å². The lowest BCUT2D eigenvalue weighted by Gasteiger charge is -1.94. The first-order valence-electron chi connectivity index (χ1n) is 4.10. The number of carbonyl (C=O) groups excluding carboxylic acids is 2. The first kappa shape index (κ1) is 10.6. The highest BCUT2D eigenvalue weighted by Crippen LogP contribution is 2.21. The van der Waals surface area contributed by atoms with Crippen LogP contribution < -0.4 is 0 Å². The van der Waals surface area contributed by atoms with Crippen molar-refractivity contribution in [3.05, 3.63) is 33.5 Å². The van der Waals surface area contributed by atoms with Crippen LogP contribution in [0, 0.1) is 3.57 Å². The van der Waals surface area contributed by atoms with E-state index in [4.69, 9.17) is 11.6 Å². The predicted octanol–water partition coefficient (Wildman–Crippen LogP) is 2.72. The average molecular weight is 334 g/mol. The number of aromatic amines is 1. The molecule has 0 saturated heterocycles. The predicted molar refractivity (Wildman–Crippen MR) is 66.2 cm³/mol. The molecule has 15 heavy (non-hydrogen) atoms.